The average Bonchev–Trinajstić information content (AvgIpc) is 2.55. The Balaban J connectivity index is 1.95. The van der Waals surface area contributed by atoms with E-state index in [-0.39, 0.29) is 19.0 Å². The van der Waals surface area contributed by atoms with Crippen LogP contribution in [0.25, 0.3) is 0 Å². The van der Waals surface area contributed by atoms with E-state index >= 15 is 0 Å². The molecule has 0 bridgehead atoms. The number of carbonyl (C=O) groups excluding carboxylic acids is 1. The van der Waals surface area contributed by atoms with Crippen LogP contribution in [0.5, 0.6) is 11.5 Å². The molecule has 1 aliphatic heterocycles. The molecule has 2 aromatic rings. The normalized spacial score (nSPS) is 16.4. The van der Waals surface area contributed by atoms with E-state index in [0.29, 0.717) is 27.6 Å². The van der Waals surface area contributed by atoms with Crippen LogP contribution in [0.3, 0.4) is 0 Å². The molecule has 114 valence electrons. The molecule has 1 aliphatic rings. The largest absolute Gasteiger partial charge is 0.486 e. The lowest BCUT2D eigenvalue weighted by atomic mass is 10.0. The number of halogens is 2. The lowest BCUT2D eigenvalue weighted by Crippen LogP contribution is -2.32. The summed E-state index contributed by atoms with van der Waals surface area (Å²) in [5.74, 6) is 0.799. The van der Waals surface area contributed by atoms with Crippen molar-refractivity contribution in [3.63, 3.8) is 0 Å². The van der Waals surface area contributed by atoms with Crippen molar-refractivity contribution in [2.75, 3.05) is 13.2 Å². The molecule has 0 saturated heterocycles. The Morgan fingerprint density at radius 2 is 2.09 bits per heavy atom. The fourth-order valence-electron chi connectivity index (χ4n) is 2.17. The first-order valence-electron chi connectivity index (χ1n) is 6.62. The smallest absolute Gasteiger partial charge is 0.194 e. The van der Waals surface area contributed by atoms with E-state index in [1.807, 2.05) is 0 Å². The monoisotopic (exact) mass is 382 g/mol. The van der Waals surface area contributed by atoms with Gasteiger partial charge in [0.25, 0.3) is 0 Å². The van der Waals surface area contributed by atoms with Crippen LogP contribution in [0.15, 0.2) is 40.9 Å². The van der Waals surface area contributed by atoms with Gasteiger partial charge in [0.15, 0.2) is 23.4 Å². The van der Waals surface area contributed by atoms with Gasteiger partial charge in [-0.15, -0.1) is 0 Å². The molecule has 0 spiro atoms. The van der Waals surface area contributed by atoms with E-state index in [1.165, 1.54) is 0 Å². The van der Waals surface area contributed by atoms with Crippen molar-refractivity contribution in [3.8, 4) is 11.5 Å². The molecule has 1 unspecified atom stereocenters. The second-order valence-corrected chi connectivity index (χ2v) is 6.17. The molecular formula is C16H12BrClO4. The highest BCUT2D eigenvalue weighted by Gasteiger charge is 2.22. The number of carbonyl (C=O) groups is 1. The number of ether oxygens (including phenoxy) is 2. The zero-order chi connectivity index (χ0) is 15.7. The number of benzene rings is 2. The summed E-state index contributed by atoms with van der Waals surface area (Å²) in [6, 6.07) is 10.1. The Morgan fingerprint density at radius 1 is 1.27 bits per heavy atom. The lowest BCUT2D eigenvalue weighted by molar-refractivity contribution is 0.0455. The second-order valence-electron chi connectivity index (χ2n) is 4.85. The van der Waals surface area contributed by atoms with Crippen LogP contribution in [0, 0.1) is 0 Å². The fourth-order valence-corrected chi connectivity index (χ4v) is 2.74. The number of fused-ring (bicyclic) bond motifs is 1. The lowest BCUT2D eigenvalue weighted by Gasteiger charge is -2.25. The fraction of sp³-hybridized carbons (Fsp3) is 0.188. The SMILES string of the molecule is O=C(c1ccc2c(c1)OC(CO)CO2)c1cc(Br)ccc1Cl. The summed E-state index contributed by atoms with van der Waals surface area (Å²) < 4.78 is 11.8. The Morgan fingerprint density at radius 3 is 2.86 bits per heavy atom. The Labute approximate surface area is 140 Å². The molecule has 1 heterocycles. The summed E-state index contributed by atoms with van der Waals surface area (Å²) in [6.07, 6.45) is -0.424. The maximum absolute atomic E-state index is 12.6. The molecule has 0 fully saturated rings. The van der Waals surface area contributed by atoms with E-state index in [2.05, 4.69) is 15.9 Å². The zero-order valence-electron chi connectivity index (χ0n) is 11.4. The topological polar surface area (TPSA) is 55.8 Å². The van der Waals surface area contributed by atoms with Crippen molar-refractivity contribution >= 4 is 33.3 Å². The third kappa shape index (κ3) is 2.97. The number of hydrogen-bond donors (Lipinski definition) is 1. The third-order valence-corrected chi connectivity index (χ3v) is 4.12. The highest BCUT2D eigenvalue weighted by atomic mass is 79.9. The van der Waals surface area contributed by atoms with E-state index in [1.54, 1.807) is 36.4 Å². The number of hydrogen-bond acceptors (Lipinski definition) is 4. The molecule has 0 aromatic heterocycles. The molecule has 0 amide bonds. The molecule has 0 radical (unpaired) electrons. The van der Waals surface area contributed by atoms with Gasteiger partial charge in [0.1, 0.15) is 6.61 Å². The molecule has 0 saturated carbocycles. The van der Waals surface area contributed by atoms with Gasteiger partial charge in [-0.05, 0) is 36.4 Å². The van der Waals surface area contributed by atoms with Gasteiger partial charge >= 0.3 is 0 Å². The average molecular weight is 384 g/mol. The van der Waals surface area contributed by atoms with E-state index in [4.69, 9.17) is 26.2 Å². The summed E-state index contributed by atoms with van der Waals surface area (Å²) in [6.45, 7) is 0.142. The van der Waals surface area contributed by atoms with Crippen LogP contribution in [0.2, 0.25) is 5.02 Å². The standard InChI is InChI=1S/C16H12BrClO4/c17-10-2-3-13(18)12(6-10)16(20)9-1-4-14-15(5-9)22-11(7-19)8-21-14/h1-6,11,19H,7-8H2. The molecule has 1 N–H and O–H groups in total. The summed E-state index contributed by atoms with van der Waals surface area (Å²) >= 11 is 9.43. The van der Waals surface area contributed by atoms with Crippen molar-refractivity contribution in [1.82, 2.24) is 0 Å². The van der Waals surface area contributed by atoms with Crippen LogP contribution < -0.4 is 9.47 Å². The van der Waals surface area contributed by atoms with Crippen LogP contribution in [0.4, 0.5) is 0 Å². The van der Waals surface area contributed by atoms with Crippen molar-refractivity contribution < 1.29 is 19.4 Å². The Hall–Kier alpha value is -1.56. The van der Waals surface area contributed by atoms with Gasteiger partial charge in [-0.3, -0.25) is 4.79 Å². The van der Waals surface area contributed by atoms with Gasteiger partial charge in [0.2, 0.25) is 0 Å². The minimum absolute atomic E-state index is 0.144. The minimum Gasteiger partial charge on any atom is -0.486 e. The number of rotatable bonds is 3. The van der Waals surface area contributed by atoms with Gasteiger partial charge in [0, 0.05) is 15.6 Å². The zero-order valence-corrected chi connectivity index (χ0v) is 13.7. The first-order chi connectivity index (χ1) is 10.6. The molecule has 2 aromatic carbocycles. The first kappa shape index (κ1) is 15.3. The number of ketones is 1. The molecule has 1 atom stereocenters. The van der Waals surface area contributed by atoms with Crippen molar-refractivity contribution in [1.29, 1.82) is 0 Å². The van der Waals surface area contributed by atoms with Crippen LogP contribution in [-0.2, 0) is 0 Å². The molecule has 22 heavy (non-hydrogen) atoms. The molecule has 4 nitrogen and oxygen atoms in total. The molecule has 3 rings (SSSR count). The van der Waals surface area contributed by atoms with E-state index in [9.17, 15) is 4.79 Å². The van der Waals surface area contributed by atoms with Gasteiger partial charge < -0.3 is 14.6 Å². The third-order valence-electron chi connectivity index (χ3n) is 3.30. The molecule has 0 aliphatic carbocycles. The Bertz CT molecular complexity index is 732. The van der Waals surface area contributed by atoms with Crippen molar-refractivity contribution in [2.24, 2.45) is 0 Å². The highest BCUT2D eigenvalue weighted by molar-refractivity contribution is 9.10. The number of aliphatic hydroxyl groups excluding tert-OH is 1. The van der Waals surface area contributed by atoms with Gasteiger partial charge in [-0.25, -0.2) is 0 Å². The molecular weight excluding hydrogens is 372 g/mol. The Kier molecular flexibility index (Phi) is 4.38. The van der Waals surface area contributed by atoms with Gasteiger partial charge in [-0.1, -0.05) is 27.5 Å². The van der Waals surface area contributed by atoms with E-state index in [0.717, 1.165) is 4.47 Å². The minimum atomic E-state index is -0.424. The van der Waals surface area contributed by atoms with Gasteiger partial charge in [-0.2, -0.15) is 0 Å². The summed E-state index contributed by atoms with van der Waals surface area (Å²) in [5.41, 5.74) is 0.854. The van der Waals surface area contributed by atoms with Crippen LogP contribution >= 0.6 is 27.5 Å². The number of aliphatic hydroxyl groups is 1. The summed E-state index contributed by atoms with van der Waals surface area (Å²) in [4.78, 5) is 12.6. The summed E-state index contributed by atoms with van der Waals surface area (Å²) in [7, 11) is 0. The van der Waals surface area contributed by atoms with Crippen molar-refractivity contribution in [3.05, 3.63) is 57.0 Å². The highest BCUT2D eigenvalue weighted by Crippen LogP contribution is 2.34. The predicted molar refractivity (Wildman–Crippen MR) is 86.0 cm³/mol. The first-order valence-corrected chi connectivity index (χ1v) is 7.79. The summed E-state index contributed by atoms with van der Waals surface area (Å²) in [5, 5.41) is 9.53. The quantitative estimate of drug-likeness (QED) is 0.825. The maximum Gasteiger partial charge on any atom is 0.194 e. The predicted octanol–water partition coefficient (Wildman–Crippen LogP) is 3.47. The van der Waals surface area contributed by atoms with Gasteiger partial charge in [0.05, 0.1) is 11.6 Å². The van der Waals surface area contributed by atoms with Crippen molar-refractivity contribution in [2.45, 2.75) is 6.10 Å². The maximum atomic E-state index is 12.6. The van der Waals surface area contributed by atoms with Crippen LogP contribution in [-0.4, -0.2) is 30.2 Å². The second kappa shape index (κ2) is 6.28. The van der Waals surface area contributed by atoms with E-state index < -0.39 is 6.10 Å². The molecule has 6 heteroatoms. The van der Waals surface area contributed by atoms with Crippen LogP contribution in [0.1, 0.15) is 15.9 Å².